The number of rotatable bonds is 4. The summed E-state index contributed by atoms with van der Waals surface area (Å²) in [5.41, 5.74) is -10.9. The molecule has 0 aliphatic rings. The van der Waals surface area contributed by atoms with Gasteiger partial charge in [0.15, 0.2) is 6.20 Å². The number of benzene rings is 2. The van der Waals surface area contributed by atoms with Crippen molar-refractivity contribution in [2.24, 2.45) is 0 Å². The van der Waals surface area contributed by atoms with Gasteiger partial charge in [0.1, 0.15) is 0 Å². The van der Waals surface area contributed by atoms with E-state index in [0.717, 1.165) is 34.9 Å². The largest absolute Gasteiger partial charge is 0.618 e. The van der Waals surface area contributed by atoms with Crippen molar-refractivity contribution in [3.8, 4) is 0 Å². The molecule has 0 aliphatic heterocycles. The third-order valence-corrected chi connectivity index (χ3v) is 6.24. The number of nitrogens with zero attached hydrogens (tertiary/aromatic N) is 1. The molecule has 1 N–H and O–H groups in total. The standard InChI is InChI=1S/C20H9BrF9IN2O2/c21-19(26,27)17(22,20(28,29)30)11-7-12(18(23,24)25)15(13(31)8-11)32-16(34)10-4-3-9-2-1-5-33(35)14(9)6-10/h1-8H,(H,32,34). The van der Waals surface area contributed by atoms with Crippen LogP contribution in [0.25, 0.3) is 10.9 Å². The topological polar surface area (TPSA) is 56.0 Å². The number of pyridine rings is 1. The number of carbonyl (C=O) groups excluding carboxylic acids is 1. The van der Waals surface area contributed by atoms with Crippen LogP contribution in [0.15, 0.2) is 48.7 Å². The third-order valence-electron chi connectivity index (χ3n) is 4.84. The van der Waals surface area contributed by atoms with Crippen LogP contribution in [0.3, 0.4) is 0 Å². The zero-order valence-corrected chi connectivity index (χ0v) is 20.3. The van der Waals surface area contributed by atoms with Crippen LogP contribution in [0.2, 0.25) is 0 Å². The van der Waals surface area contributed by atoms with Crippen LogP contribution in [0.5, 0.6) is 0 Å². The Balaban J connectivity index is 2.15. The minimum atomic E-state index is -6.31. The van der Waals surface area contributed by atoms with Crippen molar-refractivity contribution in [3.63, 3.8) is 0 Å². The van der Waals surface area contributed by atoms with Crippen molar-refractivity contribution < 1.29 is 49.0 Å². The minimum absolute atomic E-state index is 0.00631. The van der Waals surface area contributed by atoms with E-state index >= 15 is 0 Å². The van der Waals surface area contributed by atoms with Crippen LogP contribution in [-0.2, 0) is 11.8 Å². The van der Waals surface area contributed by atoms with E-state index in [0.29, 0.717) is 10.1 Å². The van der Waals surface area contributed by atoms with Crippen molar-refractivity contribution in [2.75, 3.05) is 5.32 Å². The molecular formula is C20H9BrF9IN2O2. The summed E-state index contributed by atoms with van der Waals surface area (Å²) in [7, 11) is 0. The van der Waals surface area contributed by atoms with E-state index in [1.54, 1.807) is 0 Å². The van der Waals surface area contributed by atoms with Crippen molar-refractivity contribution in [1.29, 1.82) is 0 Å². The lowest BCUT2D eigenvalue weighted by molar-refractivity contribution is -0.577. The first kappa shape index (κ1) is 27.3. The number of alkyl halides is 10. The molecular weight excluding hydrogens is 678 g/mol. The molecule has 1 unspecified atom stereocenters. The first-order valence-electron chi connectivity index (χ1n) is 9.05. The Hall–Kier alpha value is -2.30. The van der Waals surface area contributed by atoms with E-state index in [1.807, 2.05) is 5.32 Å². The van der Waals surface area contributed by atoms with Gasteiger partial charge in [-0.05, 0) is 68.9 Å². The quantitative estimate of drug-likeness (QED) is 0.105. The number of aromatic nitrogens is 1. The third kappa shape index (κ3) is 5.01. The molecule has 1 atom stereocenters. The Labute approximate surface area is 212 Å². The molecule has 1 amide bonds. The molecule has 15 heteroatoms. The number of hydrogen-bond donors (Lipinski definition) is 1. The molecule has 3 aromatic rings. The fraction of sp³-hybridized carbons (Fsp3) is 0.200. The number of nitrogens with one attached hydrogen (secondary N) is 1. The van der Waals surface area contributed by atoms with Gasteiger partial charge < -0.3 is 10.5 Å². The molecule has 0 fully saturated rings. The molecule has 1 heterocycles. The lowest BCUT2D eigenvalue weighted by Gasteiger charge is -2.33. The molecule has 3 rings (SSSR count). The number of anilines is 1. The van der Waals surface area contributed by atoms with Crippen LogP contribution in [0.1, 0.15) is 21.5 Å². The van der Waals surface area contributed by atoms with Gasteiger partial charge in [-0.1, -0.05) is 0 Å². The SMILES string of the molecule is O=C(Nc1c(I)cc(C(F)(C(F)(F)F)C(F)(F)Br)cc1C(F)(F)F)c1ccc2ccc[n+]([O-])c2c1. The maximum Gasteiger partial charge on any atom is 0.433 e. The van der Waals surface area contributed by atoms with Crippen molar-refractivity contribution >= 4 is 61.0 Å². The van der Waals surface area contributed by atoms with Gasteiger partial charge in [-0.25, -0.2) is 4.39 Å². The molecule has 2 aromatic carbocycles. The lowest BCUT2D eigenvalue weighted by atomic mass is 9.92. The number of hydrogen-bond acceptors (Lipinski definition) is 2. The van der Waals surface area contributed by atoms with Gasteiger partial charge in [0.2, 0.25) is 5.52 Å². The zero-order chi connectivity index (χ0) is 26.6. The highest BCUT2D eigenvalue weighted by Crippen LogP contribution is 2.56. The molecule has 35 heavy (non-hydrogen) atoms. The summed E-state index contributed by atoms with van der Waals surface area (Å²) in [4.78, 5) is 7.30. The van der Waals surface area contributed by atoms with E-state index in [-0.39, 0.29) is 17.1 Å². The second-order valence-corrected chi connectivity index (χ2v) is 9.25. The maximum absolute atomic E-state index is 14.7. The summed E-state index contributed by atoms with van der Waals surface area (Å²) < 4.78 is 123. The lowest BCUT2D eigenvalue weighted by Crippen LogP contribution is -2.49. The Morgan fingerprint density at radius 3 is 2.14 bits per heavy atom. The minimum Gasteiger partial charge on any atom is -0.618 e. The van der Waals surface area contributed by atoms with Gasteiger partial charge >= 0.3 is 22.9 Å². The fourth-order valence-corrected chi connectivity index (χ4v) is 4.37. The normalized spacial score (nSPS) is 14.6. The van der Waals surface area contributed by atoms with E-state index in [1.165, 1.54) is 40.2 Å². The van der Waals surface area contributed by atoms with Gasteiger partial charge in [0.05, 0.1) is 11.3 Å². The molecule has 188 valence electrons. The Morgan fingerprint density at radius 1 is 0.971 bits per heavy atom. The van der Waals surface area contributed by atoms with Gasteiger partial charge in [0.25, 0.3) is 5.91 Å². The van der Waals surface area contributed by atoms with Gasteiger partial charge in [-0.2, -0.15) is 39.9 Å². The molecule has 4 nitrogen and oxygen atoms in total. The first-order chi connectivity index (χ1) is 15.9. The van der Waals surface area contributed by atoms with E-state index in [4.69, 9.17) is 0 Å². The van der Waals surface area contributed by atoms with Crippen molar-refractivity contribution in [3.05, 3.63) is 74.1 Å². The van der Waals surface area contributed by atoms with Crippen LogP contribution in [-0.4, -0.2) is 16.9 Å². The van der Waals surface area contributed by atoms with Crippen LogP contribution in [0.4, 0.5) is 45.2 Å². The number of carbonyl (C=O) groups is 1. The van der Waals surface area contributed by atoms with Crippen molar-refractivity contribution in [2.45, 2.75) is 22.9 Å². The van der Waals surface area contributed by atoms with Gasteiger partial charge in [-0.3, -0.25) is 4.79 Å². The monoisotopic (exact) mass is 686 g/mol. The first-order valence-corrected chi connectivity index (χ1v) is 10.9. The average molecular weight is 687 g/mol. The number of fused-ring (bicyclic) bond motifs is 1. The summed E-state index contributed by atoms with van der Waals surface area (Å²) in [6.07, 6.45) is -10.7. The fourth-order valence-electron chi connectivity index (χ4n) is 3.15. The van der Waals surface area contributed by atoms with Crippen molar-refractivity contribution in [1.82, 2.24) is 0 Å². The highest BCUT2D eigenvalue weighted by molar-refractivity contribution is 14.1. The van der Waals surface area contributed by atoms with Crippen LogP contribution in [0, 0.1) is 8.78 Å². The molecule has 0 spiro atoms. The van der Waals surface area contributed by atoms with E-state index in [2.05, 4.69) is 0 Å². The second kappa shape index (κ2) is 8.97. The van der Waals surface area contributed by atoms with Gasteiger partial charge in [-0.15, -0.1) is 0 Å². The summed E-state index contributed by atoms with van der Waals surface area (Å²) in [6, 6.07) is 6.19. The summed E-state index contributed by atoms with van der Waals surface area (Å²) in [6.45, 7) is 0. The summed E-state index contributed by atoms with van der Waals surface area (Å²) in [5.74, 6) is -1.19. The van der Waals surface area contributed by atoms with Crippen LogP contribution < -0.4 is 10.0 Å². The molecule has 0 bridgehead atoms. The van der Waals surface area contributed by atoms with Crippen LogP contribution >= 0.6 is 38.5 Å². The summed E-state index contributed by atoms with van der Waals surface area (Å²) in [5, 5.41) is 14.1. The molecule has 0 saturated heterocycles. The molecule has 0 aliphatic carbocycles. The maximum atomic E-state index is 14.7. The zero-order valence-electron chi connectivity index (χ0n) is 16.5. The Bertz CT molecular complexity index is 1290. The predicted molar refractivity (Wildman–Crippen MR) is 118 cm³/mol. The van der Waals surface area contributed by atoms with E-state index in [9.17, 15) is 49.5 Å². The molecule has 1 aromatic heterocycles. The van der Waals surface area contributed by atoms with E-state index < -0.39 is 55.2 Å². The molecule has 0 radical (unpaired) electrons. The predicted octanol–water partition coefficient (Wildman–Crippen LogP) is 7.06. The highest BCUT2D eigenvalue weighted by atomic mass is 127. The second-order valence-electron chi connectivity index (χ2n) is 7.09. The average Bonchev–Trinajstić information content (AvgIpc) is 2.72. The van der Waals surface area contributed by atoms with Gasteiger partial charge in [0, 0.05) is 32.2 Å². The number of halogens is 11. The smallest absolute Gasteiger partial charge is 0.433 e. The Kier molecular flexibility index (Phi) is 7.00. The number of amides is 1. The molecule has 0 saturated carbocycles. The summed E-state index contributed by atoms with van der Waals surface area (Å²) >= 11 is 2.34. The highest BCUT2D eigenvalue weighted by Gasteiger charge is 2.71. The Morgan fingerprint density at radius 2 is 1.60 bits per heavy atom.